The zero-order valence-electron chi connectivity index (χ0n) is 10.2. The van der Waals surface area contributed by atoms with Gasteiger partial charge in [0.2, 0.25) is 0 Å². The van der Waals surface area contributed by atoms with E-state index in [1.807, 2.05) is 18.2 Å². The Hall–Kier alpha value is -0.730. The van der Waals surface area contributed by atoms with Crippen molar-refractivity contribution in [2.24, 2.45) is 0 Å². The van der Waals surface area contributed by atoms with Crippen LogP contribution in [0.5, 0.6) is 0 Å². The molecular formula is C13H20ClNO. The topological polar surface area (TPSA) is 23.5 Å². The lowest BCUT2D eigenvalue weighted by atomic mass is 10.1. The zero-order chi connectivity index (χ0) is 12.1. The number of hydrogen-bond donors (Lipinski definition) is 1. The van der Waals surface area contributed by atoms with E-state index in [0.717, 1.165) is 30.8 Å². The standard InChI is InChI=1S/C13H20ClNO/c1-4-8-15(5-2)13-7-6-11(10(3)16)9-12(13)14/h6-7,9-10,16H,4-5,8H2,1-3H3. The van der Waals surface area contributed by atoms with Crippen molar-refractivity contribution >= 4 is 17.3 Å². The molecule has 0 bridgehead atoms. The first-order chi connectivity index (χ1) is 7.60. The van der Waals surface area contributed by atoms with Gasteiger partial charge in [-0.25, -0.2) is 0 Å². The van der Waals surface area contributed by atoms with Gasteiger partial charge in [-0.3, -0.25) is 0 Å². The molecule has 16 heavy (non-hydrogen) atoms. The summed E-state index contributed by atoms with van der Waals surface area (Å²) in [5, 5.41) is 10.2. The SMILES string of the molecule is CCCN(CC)c1ccc(C(C)O)cc1Cl. The normalized spacial score (nSPS) is 12.6. The summed E-state index contributed by atoms with van der Waals surface area (Å²) in [7, 11) is 0. The second-order valence-corrected chi connectivity index (χ2v) is 4.37. The lowest BCUT2D eigenvalue weighted by molar-refractivity contribution is 0.199. The van der Waals surface area contributed by atoms with Crippen LogP contribution in [0.4, 0.5) is 5.69 Å². The van der Waals surface area contributed by atoms with E-state index in [1.165, 1.54) is 0 Å². The van der Waals surface area contributed by atoms with Gasteiger partial charge in [-0.05, 0) is 38.0 Å². The minimum atomic E-state index is -0.465. The van der Waals surface area contributed by atoms with E-state index >= 15 is 0 Å². The summed E-state index contributed by atoms with van der Waals surface area (Å²) in [6, 6.07) is 5.77. The Kier molecular flexibility index (Phi) is 5.10. The van der Waals surface area contributed by atoms with Crippen LogP contribution in [0.25, 0.3) is 0 Å². The molecule has 0 aromatic heterocycles. The van der Waals surface area contributed by atoms with Gasteiger partial charge < -0.3 is 10.0 Å². The summed E-state index contributed by atoms with van der Waals surface area (Å²) in [6.07, 6.45) is 0.635. The highest BCUT2D eigenvalue weighted by Gasteiger charge is 2.10. The van der Waals surface area contributed by atoms with Crippen molar-refractivity contribution in [2.45, 2.75) is 33.3 Å². The van der Waals surface area contributed by atoms with Gasteiger partial charge in [0.15, 0.2) is 0 Å². The minimum absolute atomic E-state index is 0.465. The van der Waals surface area contributed by atoms with Gasteiger partial charge in [0.25, 0.3) is 0 Å². The van der Waals surface area contributed by atoms with Crippen molar-refractivity contribution in [3.8, 4) is 0 Å². The molecule has 0 amide bonds. The van der Waals surface area contributed by atoms with Crippen molar-refractivity contribution in [3.63, 3.8) is 0 Å². The second kappa shape index (κ2) is 6.12. The summed E-state index contributed by atoms with van der Waals surface area (Å²) < 4.78 is 0. The molecule has 0 aliphatic carbocycles. The largest absolute Gasteiger partial charge is 0.389 e. The molecule has 0 fully saturated rings. The maximum Gasteiger partial charge on any atom is 0.0762 e. The van der Waals surface area contributed by atoms with Crippen molar-refractivity contribution in [1.82, 2.24) is 0 Å². The Morgan fingerprint density at radius 3 is 2.50 bits per heavy atom. The van der Waals surface area contributed by atoms with Crippen LogP contribution >= 0.6 is 11.6 Å². The van der Waals surface area contributed by atoms with Crippen LogP contribution in [0.15, 0.2) is 18.2 Å². The van der Waals surface area contributed by atoms with Crippen LogP contribution in [0.1, 0.15) is 38.9 Å². The van der Waals surface area contributed by atoms with E-state index in [0.29, 0.717) is 5.02 Å². The molecule has 0 spiro atoms. The third kappa shape index (κ3) is 3.13. The quantitative estimate of drug-likeness (QED) is 0.851. The van der Waals surface area contributed by atoms with E-state index in [4.69, 9.17) is 11.6 Å². The monoisotopic (exact) mass is 241 g/mol. The Morgan fingerprint density at radius 2 is 2.06 bits per heavy atom. The lowest BCUT2D eigenvalue weighted by Crippen LogP contribution is -2.23. The Morgan fingerprint density at radius 1 is 1.38 bits per heavy atom. The fraction of sp³-hybridized carbons (Fsp3) is 0.538. The molecule has 1 rings (SSSR count). The number of halogens is 1. The summed E-state index contributed by atoms with van der Waals surface area (Å²) >= 11 is 6.23. The predicted molar refractivity (Wildman–Crippen MR) is 70.3 cm³/mol. The lowest BCUT2D eigenvalue weighted by Gasteiger charge is -2.24. The first kappa shape index (κ1) is 13.3. The van der Waals surface area contributed by atoms with Crippen LogP contribution in [-0.2, 0) is 0 Å². The molecule has 1 atom stereocenters. The molecule has 0 heterocycles. The first-order valence-electron chi connectivity index (χ1n) is 5.82. The molecule has 1 N–H and O–H groups in total. The average Bonchev–Trinajstić information content (AvgIpc) is 2.26. The number of aliphatic hydroxyl groups excluding tert-OH is 1. The molecule has 90 valence electrons. The van der Waals surface area contributed by atoms with Crippen LogP contribution in [0.2, 0.25) is 5.02 Å². The predicted octanol–water partition coefficient (Wildman–Crippen LogP) is 3.63. The second-order valence-electron chi connectivity index (χ2n) is 3.97. The molecule has 0 radical (unpaired) electrons. The number of anilines is 1. The Balaban J connectivity index is 2.96. The fourth-order valence-electron chi connectivity index (χ4n) is 1.76. The highest BCUT2D eigenvalue weighted by Crippen LogP contribution is 2.29. The highest BCUT2D eigenvalue weighted by molar-refractivity contribution is 6.33. The van der Waals surface area contributed by atoms with E-state index in [1.54, 1.807) is 6.92 Å². The zero-order valence-corrected chi connectivity index (χ0v) is 11.0. The number of hydrogen-bond acceptors (Lipinski definition) is 2. The van der Waals surface area contributed by atoms with Crippen LogP contribution in [0.3, 0.4) is 0 Å². The summed E-state index contributed by atoms with van der Waals surface area (Å²) in [5.74, 6) is 0. The molecule has 0 aliphatic heterocycles. The van der Waals surface area contributed by atoms with Gasteiger partial charge in [0.1, 0.15) is 0 Å². The summed E-state index contributed by atoms with van der Waals surface area (Å²) in [6.45, 7) is 7.97. The Bertz CT molecular complexity index is 339. The molecule has 2 nitrogen and oxygen atoms in total. The third-order valence-corrected chi connectivity index (χ3v) is 2.97. The van der Waals surface area contributed by atoms with Gasteiger partial charge in [-0.15, -0.1) is 0 Å². The molecule has 3 heteroatoms. The fourth-order valence-corrected chi connectivity index (χ4v) is 2.07. The van der Waals surface area contributed by atoms with E-state index < -0.39 is 6.10 Å². The van der Waals surface area contributed by atoms with Gasteiger partial charge in [0, 0.05) is 13.1 Å². The number of nitrogens with zero attached hydrogens (tertiary/aromatic N) is 1. The van der Waals surface area contributed by atoms with E-state index in [-0.39, 0.29) is 0 Å². The number of benzene rings is 1. The van der Waals surface area contributed by atoms with Gasteiger partial charge >= 0.3 is 0 Å². The van der Waals surface area contributed by atoms with Crippen molar-refractivity contribution in [1.29, 1.82) is 0 Å². The van der Waals surface area contributed by atoms with Crippen LogP contribution in [0, 0.1) is 0 Å². The van der Waals surface area contributed by atoms with Crippen LogP contribution < -0.4 is 4.90 Å². The molecule has 0 saturated heterocycles. The highest BCUT2D eigenvalue weighted by atomic mass is 35.5. The number of aliphatic hydroxyl groups is 1. The van der Waals surface area contributed by atoms with E-state index in [9.17, 15) is 5.11 Å². The average molecular weight is 242 g/mol. The van der Waals surface area contributed by atoms with Crippen LogP contribution in [-0.4, -0.2) is 18.2 Å². The maximum absolute atomic E-state index is 9.47. The van der Waals surface area contributed by atoms with Gasteiger partial charge in [0.05, 0.1) is 16.8 Å². The number of rotatable bonds is 5. The van der Waals surface area contributed by atoms with Crippen molar-refractivity contribution < 1.29 is 5.11 Å². The van der Waals surface area contributed by atoms with Crippen molar-refractivity contribution in [3.05, 3.63) is 28.8 Å². The van der Waals surface area contributed by atoms with E-state index in [2.05, 4.69) is 18.7 Å². The molecule has 1 aromatic rings. The van der Waals surface area contributed by atoms with Gasteiger partial charge in [-0.2, -0.15) is 0 Å². The smallest absolute Gasteiger partial charge is 0.0762 e. The molecular weight excluding hydrogens is 222 g/mol. The minimum Gasteiger partial charge on any atom is -0.389 e. The summed E-state index contributed by atoms with van der Waals surface area (Å²) in [5.41, 5.74) is 1.91. The maximum atomic E-state index is 9.47. The third-order valence-electron chi connectivity index (χ3n) is 2.67. The molecule has 0 saturated carbocycles. The summed E-state index contributed by atoms with van der Waals surface area (Å²) in [4.78, 5) is 2.24. The van der Waals surface area contributed by atoms with Crippen molar-refractivity contribution in [2.75, 3.05) is 18.0 Å². The Labute approximate surface area is 103 Å². The molecule has 0 aliphatic rings. The van der Waals surface area contributed by atoms with Gasteiger partial charge in [-0.1, -0.05) is 24.6 Å². The first-order valence-corrected chi connectivity index (χ1v) is 6.20. The molecule has 1 unspecified atom stereocenters. The molecule has 1 aromatic carbocycles.